The van der Waals surface area contributed by atoms with Gasteiger partial charge in [-0.1, -0.05) is 35.0 Å². The molecule has 2 heterocycles. The van der Waals surface area contributed by atoms with E-state index in [1.807, 2.05) is 0 Å². The minimum atomic E-state index is -4.96. The van der Waals surface area contributed by atoms with E-state index < -0.39 is 40.5 Å². The number of rotatable bonds is 3. The van der Waals surface area contributed by atoms with Crippen LogP contribution in [0.5, 0.6) is 0 Å². The Hall–Kier alpha value is -3.40. The van der Waals surface area contributed by atoms with E-state index >= 15 is 0 Å². The fourth-order valence-electron chi connectivity index (χ4n) is 2.99. The van der Waals surface area contributed by atoms with Crippen molar-refractivity contribution in [3.63, 3.8) is 0 Å². The Morgan fingerprint density at radius 1 is 1.00 bits per heavy atom. The Balaban J connectivity index is 1.93. The van der Waals surface area contributed by atoms with E-state index in [0.29, 0.717) is 4.68 Å². The Morgan fingerprint density at radius 2 is 1.70 bits per heavy atom. The molecule has 0 saturated carbocycles. The molecule has 154 valence electrons. The van der Waals surface area contributed by atoms with Crippen LogP contribution < -0.4 is 5.73 Å². The van der Waals surface area contributed by atoms with Crippen LogP contribution in [0.2, 0.25) is 5.02 Å². The molecular formula is C19H10ClF5N4O. The van der Waals surface area contributed by atoms with Gasteiger partial charge >= 0.3 is 6.18 Å². The smallest absolute Gasteiger partial charge is 0.394 e. The van der Waals surface area contributed by atoms with Crippen LogP contribution in [0.15, 0.2) is 53.2 Å². The summed E-state index contributed by atoms with van der Waals surface area (Å²) in [4.78, 5) is 0. The van der Waals surface area contributed by atoms with Crippen molar-refractivity contribution in [1.82, 2.24) is 14.9 Å². The molecule has 2 N–H and O–H groups in total. The normalized spacial score (nSPS) is 11.8. The maximum Gasteiger partial charge on any atom is 0.434 e. The van der Waals surface area contributed by atoms with E-state index in [4.69, 9.17) is 21.9 Å². The lowest BCUT2D eigenvalue weighted by molar-refractivity contribution is -0.142. The van der Waals surface area contributed by atoms with E-state index in [1.54, 1.807) is 0 Å². The standard InChI is InChI=1S/C19H10ClF5N4O/c20-10-4-3-6-12(22)14(10)16-15(26)17(30-28-16)9-8-27-29(18(9)19(23,24)25)13-7-2-1-5-11(13)21/h1-8H,26H2. The Bertz CT molecular complexity index is 1230. The third-order valence-electron chi connectivity index (χ3n) is 4.29. The molecule has 5 nitrogen and oxygen atoms in total. The summed E-state index contributed by atoms with van der Waals surface area (Å²) < 4.78 is 75.3. The topological polar surface area (TPSA) is 69.9 Å². The van der Waals surface area contributed by atoms with Crippen molar-refractivity contribution < 1.29 is 26.5 Å². The molecule has 0 atom stereocenters. The molecule has 0 amide bonds. The number of alkyl halides is 3. The fraction of sp³-hybridized carbons (Fsp3) is 0.0526. The van der Waals surface area contributed by atoms with Gasteiger partial charge in [-0.2, -0.15) is 18.3 Å². The number of aromatic nitrogens is 3. The molecule has 2 aromatic heterocycles. The van der Waals surface area contributed by atoms with Crippen LogP contribution in [0, 0.1) is 11.6 Å². The molecule has 0 bridgehead atoms. The van der Waals surface area contributed by atoms with Crippen LogP contribution in [-0.4, -0.2) is 14.9 Å². The predicted molar refractivity (Wildman–Crippen MR) is 98.8 cm³/mol. The van der Waals surface area contributed by atoms with Gasteiger partial charge in [0.2, 0.25) is 0 Å². The predicted octanol–water partition coefficient (Wildman–Crippen LogP) is 5.73. The second-order valence-electron chi connectivity index (χ2n) is 6.14. The molecule has 30 heavy (non-hydrogen) atoms. The van der Waals surface area contributed by atoms with E-state index in [-0.39, 0.29) is 22.0 Å². The Morgan fingerprint density at radius 3 is 2.37 bits per heavy atom. The van der Waals surface area contributed by atoms with E-state index in [9.17, 15) is 22.0 Å². The third-order valence-corrected chi connectivity index (χ3v) is 4.61. The van der Waals surface area contributed by atoms with E-state index in [0.717, 1.165) is 24.4 Å². The molecule has 0 radical (unpaired) electrons. The van der Waals surface area contributed by atoms with E-state index in [2.05, 4.69) is 10.3 Å². The van der Waals surface area contributed by atoms with Crippen molar-refractivity contribution in [2.24, 2.45) is 0 Å². The van der Waals surface area contributed by atoms with Crippen molar-refractivity contribution in [2.45, 2.75) is 6.18 Å². The maximum atomic E-state index is 14.2. The first kappa shape index (κ1) is 19.9. The van der Waals surface area contributed by atoms with Gasteiger partial charge in [0.25, 0.3) is 0 Å². The zero-order chi connectivity index (χ0) is 21.6. The van der Waals surface area contributed by atoms with Gasteiger partial charge < -0.3 is 10.3 Å². The zero-order valence-electron chi connectivity index (χ0n) is 14.7. The first-order valence-electron chi connectivity index (χ1n) is 8.30. The number of benzene rings is 2. The van der Waals surface area contributed by atoms with Crippen LogP contribution >= 0.6 is 11.6 Å². The zero-order valence-corrected chi connectivity index (χ0v) is 15.5. The largest absolute Gasteiger partial charge is 0.434 e. The van der Waals surface area contributed by atoms with Gasteiger partial charge in [-0.25, -0.2) is 13.5 Å². The maximum absolute atomic E-state index is 14.2. The third kappa shape index (κ3) is 3.18. The highest BCUT2D eigenvalue weighted by molar-refractivity contribution is 6.33. The summed E-state index contributed by atoms with van der Waals surface area (Å²) >= 11 is 5.98. The van der Waals surface area contributed by atoms with Gasteiger partial charge in [0.1, 0.15) is 28.7 Å². The fourth-order valence-corrected chi connectivity index (χ4v) is 3.24. The molecule has 4 aromatic rings. The number of para-hydroxylation sites is 1. The SMILES string of the molecule is Nc1c(-c2c(F)cccc2Cl)noc1-c1cnn(-c2ccccc2F)c1C(F)(F)F. The van der Waals surface area contributed by atoms with Gasteiger partial charge in [-0.05, 0) is 24.3 Å². The average Bonchev–Trinajstić information content (AvgIpc) is 3.26. The van der Waals surface area contributed by atoms with Crippen molar-refractivity contribution >= 4 is 17.3 Å². The van der Waals surface area contributed by atoms with Gasteiger partial charge in [0.05, 0.1) is 22.3 Å². The molecule has 0 aliphatic heterocycles. The molecule has 0 fully saturated rings. The second kappa shape index (κ2) is 7.13. The first-order valence-corrected chi connectivity index (χ1v) is 8.68. The number of anilines is 1. The molecule has 0 aliphatic carbocycles. The van der Waals surface area contributed by atoms with Crippen LogP contribution in [0.25, 0.3) is 28.3 Å². The number of nitrogens with two attached hydrogens (primary N) is 1. The molecule has 0 saturated heterocycles. The minimum Gasteiger partial charge on any atom is -0.394 e. The summed E-state index contributed by atoms with van der Waals surface area (Å²) in [5.74, 6) is -2.20. The molecule has 0 spiro atoms. The molecule has 0 aliphatic rings. The van der Waals surface area contributed by atoms with Crippen LogP contribution in [-0.2, 0) is 6.18 Å². The van der Waals surface area contributed by atoms with Crippen molar-refractivity contribution in [2.75, 3.05) is 5.73 Å². The number of hydrogen-bond donors (Lipinski definition) is 1. The second-order valence-corrected chi connectivity index (χ2v) is 6.55. The summed E-state index contributed by atoms with van der Waals surface area (Å²) in [6.07, 6.45) is -4.14. The van der Waals surface area contributed by atoms with Crippen LogP contribution in [0.4, 0.5) is 27.6 Å². The van der Waals surface area contributed by atoms with Gasteiger partial charge in [0.15, 0.2) is 11.5 Å². The quantitative estimate of drug-likeness (QED) is 0.413. The van der Waals surface area contributed by atoms with Crippen molar-refractivity contribution in [1.29, 1.82) is 0 Å². The summed E-state index contributed by atoms with van der Waals surface area (Å²) in [6.45, 7) is 0. The minimum absolute atomic E-state index is 0.0559. The molecular weight excluding hydrogens is 431 g/mol. The molecule has 11 heteroatoms. The lowest BCUT2D eigenvalue weighted by atomic mass is 10.1. The lowest BCUT2D eigenvalue weighted by Crippen LogP contribution is -2.15. The highest BCUT2D eigenvalue weighted by Gasteiger charge is 2.41. The first-order chi connectivity index (χ1) is 14.2. The van der Waals surface area contributed by atoms with Gasteiger partial charge in [-0.15, -0.1) is 0 Å². The van der Waals surface area contributed by atoms with Crippen LogP contribution in [0.1, 0.15) is 5.69 Å². The summed E-state index contributed by atoms with van der Waals surface area (Å²) in [6, 6.07) is 8.62. The monoisotopic (exact) mass is 440 g/mol. The highest BCUT2D eigenvalue weighted by Crippen LogP contribution is 2.44. The van der Waals surface area contributed by atoms with Gasteiger partial charge in [-0.3, -0.25) is 0 Å². The lowest BCUT2D eigenvalue weighted by Gasteiger charge is -2.12. The van der Waals surface area contributed by atoms with Crippen molar-refractivity contribution in [3.05, 3.63) is 71.0 Å². The molecule has 0 unspecified atom stereocenters. The molecule has 2 aromatic carbocycles. The number of halogens is 6. The summed E-state index contributed by atoms with van der Waals surface area (Å²) in [5.41, 5.74) is 2.73. The number of hydrogen-bond acceptors (Lipinski definition) is 4. The highest BCUT2D eigenvalue weighted by atomic mass is 35.5. The summed E-state index contributed by atoms with van der Waals surface area (Å²) in [5, 5.41) is 7.21. The van der Waals surface area contributed by atoms with E-state index in [1.165, 1.54) is 24.3 Å². The summed E-state index contributed by atoms with van der Waals surface area (Å²) in [7, 11) is 0. The molecule has 4 rings (SSSR count). The number of nitrogen functional groups attached to an aromatic ring is 1. The van der Waals surface area contributed by atoms with Gasteiger partial charge in [0, 0.05) is 0 Å². The Labute approximate surface area is 170 Å². The number of nitrogens with zero attached hydrogens (tertiary/aromatic N) is 3. The van der Waals surface area contributed by atoms with Crippen LogP contribution in [0.3, 0.4) is 0 Å². The van der Waals surface area contributed by atoms with Crippen molar-refractivity contribution in [3.8, 4) is 28.3 Å². The average molecular weight is 441 g/mol. The Kier molecular flexibility index (Phi) is 4.73.